The summed E-state index contributed by atoms with van der Waals surface area (Å²) in [4.78, 5) is 0. The van der Waals surface area contributed by atoms with Crippen molar-refractivity contribution in [2.75, 3.05) is 0 Å². The molecule has 50 heavy (non-hydrogen) atoms. The molecule has 0 saturated carbocycles. The van der Waals surface area contributed by atoms with Crippen LogP contribution in [0, 0.1) is 11.6 Å². The molecule has 4 aromatic rings. The number of rotatable bonds is 4. The van der Waals surface area contributed by atoms with Crippen LogP contribution in [0.3, 0.4) is 0 Å². The number of hydrogen-bond donors (Lipinski definition) is 0. The minimum absolute atomic E-state index is 0. The standard InChI is InChI=1S/C27H29.C13H8F2.C5H5.2ClH.Zr/c1-16-7-9-26(3,4)24-12-18-11-19-13-25-21(17(2)8-10-27(25,5)6)15-23(19)22(18)14-20(16)24;14-12-5-1-10(2-6-12)9-11-3-7-13(15)8-4-11;1-2-4-5-3-1;;;/h7-8,11-15H,9-10H2,1-6H3;1-8H;1-3H,4H2;2*1H;/q;;;;;+2/p-2. The van der Waals surface area contributed by atoms with E-state index in [9.17, 15) is 8.78 Å². The van der Waals surface area contributed by atoms with Gasteiger partial charge in [-0.3, -0.25) is 0 Å². The molecule has 4 aliphatic rings. The van der Waals surface area contributed by atoms with Gasteiger partial charge in [0.1, 0.15) is 0 Å². The maximum absolute atomic E-state index is 14.5. The van der Waals surface area contributed by atoms with E-state index in [1.165, 1.54) is 62.1 Å². The van der Waals surface area contributed by atoms with E-state index >= 15 is 0 Å². The first-order valence-corrected chi connectivity index (χ1v) is 21.1. The minimum atomic E-state index is -3.04. The van der Waals surface area contributed by atoms with E-state index in [2.05, 4.69) is 96.2 Å². The van der Waals surface area contributed by atoms with Crippen LogP contribution in [0.25, 0.3) is 22.3 Å². The van der Waals surface area contributed by atoms with Gasteiger partial charge in [0.05, 0.1) is 0 Å². The van der Waals surface area contributed by atoms with Crippen LogP contribution >= 0.6 is 0 Å². The first-order chi connectivity index (χ1) is 22.9. The van der Waals surface area contributed by atoms with Crippen LogP contribution in [0.2, 0.25) is 0 Å². The monoisotopic (exact) mass is 780 g/mol. The molecule has 254 valence electrons. The summed E-state index contributed by atoms with van der Waals surface area (Å²) in [6.45, 7) is 14.1. The van der Waals surface area contributed by atoms with Crippen molar-refractivity contribution in [3.05, 3.63) is 163 Å². The van der Waals surface area contributed by atoms with E-state index in [1.54, 1.807) is 24.3 Å². The number of benzene rings is 4. The third kappa shape index (κ3) is 6.06. The largest absolute Gasteiger partial charge is 1.00 e. The Bertz CT molecular complexity index is 2040. The number of halogens is 4. The van der Waals surface area contributed by atoms with Crippen molar-refractivity contribution in [1.29, 1.82) is 0 Å². The number of allylic oxidation sites excluding steroid dienone is 8. The van der Waals surface area contributed by atoms with Gasteiger partial charge in [-0.2, -0.15) is 0 Å². The Morgan fingerprint density at radius 3 is 1.48 bits per heavy atom. The van der Waals surface area contributed by atoms with E-state index in [4.69, 9.17) is 0 Å². The Balaban J connectivity index is 0.00000216. The van der Waals surface area contributed by atoms with E-state index in [0.717, 1.165) is 30.4 Å². The van der Waals surface area contributed by atoms with Crippen molar-refractivity contribution in [2.45, 2.75) is 75.3 Å². The number of fused-ring (bicyclic) bond motifs is 5. The molecule has 8 rings (SSSR count). The van der Waals surface area contributed by atoms with Crippen molar-refractivity contribution in [2.24, 2.45) is 0 Å². The topological polar surface area (TPSA) is 0 Å². The van der Waals surface area contributed by atoms with Gasteiger partial charge in [-0.05, 0) is 0 Å². The molecule has 0 saturated heterocycles. The van der Waals surface area contributed by atoms with E-state index in [0.29, 0.717) is 0 Å². The van der Waals surface area contributed by atoms with Crippen molar-refractivity contribution in [3.63, 3.8) is 0 Å². The van der Waals surface area contributed by atoms with Gasteiger partial charge in [-0.15, -0.1) is 0 Å². The predicted octanol–water partition coefficient (Wildman–Crippen LogP) is 5.94. The molecule has 0 fully saturated rings. The maximum Gasteiger partial charge on any atom is -1.00 e. The molecule has 4 aliphatic carbocycles. The minimum Gasteiger partial charge on any atom is -1.00 e. The normalized spacial score (nSPS) is 17.4. The summed E-state index contributed by atoms with van der Waals surface area (Å²) in [5.41, 5.74) is 16.1. The molecule has 0 N–H and O–H groups in total. The molecule has 0 heterocycles. The summed E-state index contributed by atoms with van der Waals surface area (Å²) < 4.78 is 32.0. The molecule has 0 amide bonds. The van der Waals surface area contributed by atoms with Crippen LogP contribution in [0.15, 0.2) is 106 Å². The Kier molecular flexibility index (Phi) is 9.97. The molecule has 0 spiro atoms. The van der Waals surface area contributed by atoms with Gasteiger partial charge in [0, 0.05) is 0 Å². The third-order valence-electron chi connectivity index (χ3n) is 11.4. The van der Waals surface area contributed by atoms with Gasteiger partial charge >= 0.3 is 293 Å². The van der Waals surface area contributed by atoms with Crippen molar-refractivity contribution in [3.8, 4) is 11.1 Å². The Hall–Kier alpha value is -2.97. The van der Waals surface area contributed by atoms with Crippen LogP contribution in [-0.2, 0) is 32.1 Å². The van der Waals surface area contributed by atoms with Gasteiger partial charge < -0.3 is 24.8 Å². The summed E-state index contributed by atoms with van der Waals surface area (Å²) in [5.74, 6) is -0.481. The van der Waals surface area contributed by atoms with Gasteiger partial charge in [-0.25, -0.2) is 0 Å². The summed E-state index contributed by atoms with van der Waals surface area (Å²) in [6.07, 6.45) is 14.7. The maximum atomic E-state index is 14.5. The molecule has 5 heteroatoms. The summed E-state index contributed by atoms with van der Waals surface area (Å²) >= 11 is -3.04. The SMILES string of the molecule is CC1=CCC(C)(C)c2cc3c(cc21)-c1cc2c(cc1[CH]3[Zr+2]([C]1=CC=CC1)=[C](c1ccc(F)cc1)c1ccc(F)cc1)C(C)(C)CC=C2C.[Cl-].[Cl-]. The molecule has 0 atom stereocenters. The molecular formula is C45H42Cl2F2Zr. The van der Waals surface area contributed by atoms with E-state index in [1.807, 2.05) is 24.3 Å². The molecule has 0 aliphatic heterocycles. The van der Waals surface area contributed by atoms with E-state index < -0.39 is 21.3 Å². The van der Waals surface area contributed by atoms with Gasteiger partial charge in [-0.1, -0.05) is 0 Å². The second-order valence-corrected chi connectivity index (χ2v) is 21.7. The molecule has 0 nitrogen and oxygen atoms in total. The molecule has 0 aromatic heterocycles. The second-order valence-electron chi connectivity index (χ2n) is 15.5. The smallest absolute Gasteiger partial charge is 1.00 e. The average Bonchev–Trinajstić information content (AvgIpc) is 3.70. The predicted molar refractivity (Wildman–Crippen MR) is 194 cm³/mol. The van der Waals surface area contributed by atoms with Crippen LogP contribution in [0.1, 0.15) is 109 Å². The molecule has 0 bridgehead atoms. The molecular weight excluding hydrogens is 741 g/mol. The Morgan fingerprint density at radius 2 is 1.08 bits per heavy atom. The first kappa shape index (κ1) is 36.8. The van der Waals surface area contributed by atoms with Crippen LogP contribution in [0.5, 0.6) is 0 Å². The van der Waals surface area contributed by atoms with Crippen LogP contribution in [0.4, 0.5) is 8.78 Å². The Labute approximate surface area is 316 Å². The Morgan fingerprint density at radius 1 is 0.640 bits per heavy atom. The quantitative estimate of drug-likeness (QED) is 0.241. The summed E-state index contributed by atoms with van der Waals surface area (Å²) in [5, 5.41) is 0. The van der Waals surface area contributed by atoms with Crippen molar-refractivity contribution < 1.29 is 54.9 Å². The fourth-order valence-corrected chi connectivity index (χ4v) is 17.5. The van der Waals surface area contributed by atoms with Crippen molar-refractivity contribution in [1.82, 2.24) is 0 Å². The second kappa shape index (κ2) is 13.5. The van der Waals surface area contributed by atoms with E-state index in [-0.39, 0.29) is 50.9 Å². The van der Waals surface area contributed by atoms with Gasteiger partial charge in [0.25, 0.3) is 0 Å². The zero-order valence-corrected chi connectivity index (χ0v) is 33.5. The average molecular weight is 783 g/mol. The molecule has 0 radical (unpaired) electrons. The first-order valence-electron chi connectivity index (χ1n) is 17.3. The van der Waals surface area contributed by atoms with Gasteiger partial charge in [0.2, 0.25) is 0 Å². The zero-order chi connectivity index (χ0) is 33.5. The van der Waals surface area contributed by atoms with Crippen LogP contribution in [-0.4, -0.2) is 3.21 Å². The molecule has 4 aromatic carbocycles. The van der Waals surface area contributed by atoms with Crippen molar-refractivity contribution >= 4 is 14.4 Å². The summed E-state index contributed by atoms with van der Waals surface area (Å²) in [7, 11) is 0. The zero-order valence-electron chi connectivity index (χ0n) is 29.5. The third-order valence-corrected chi connectivity index (χ3v) is 19.7. The molecule has 0 unspecified atom stereocenters. The summed E-state index contributed by atoms with van der Waals surface area (Å²) in [6, 6.07) is 24.3. The fourth-order valence-electron chi connectivity index (χ4n) is 8.53. The fraction of sp³-hybridized carbons (Fsp3) is 0.267. The van der Waals surface area contributed by atoms with Gasteiger partial charge in [0.15, 0.2) is 0 Å². The van der Waals surface area contributed by atoms with Crippen LogP contribution < -0.4 is 24.8 Å². The number of hydrogen-bond acceptors (Lipinski definition) is 0.